The summed E-state index contributed by atoms with van der Waals surface area (Å²) in [6.07, 6.45) is -0.213. The van der Waals surface area contributed by atoms with Crippen molar-refractivity contribution in [1.82, 2.24) is 3.97 Å². The third kappa shape index (κ3) is 4.43. The maximum Gasteiger partial charge on any atom is 0.336 e. The number of methoxy groups -OCH3 is 1. The van der Waals surface area contributed by atoms with Gasteiger partial charge >= 0.3 is 7.60 Å². The Labute approximate surface area is 181 Å². The van der Waals surface area contributed by atoms with Gasteiger partial charge in [0.2, 0.25) is 0 Å². The number of rotatable bonds is 9. The van der Waals surface area contributed by atoms with Crippen molar-refractivity contribution in [3.8, 4) is 5.75 Å². The average molecular weight is 472 g/mol. The zero-order valence-electron chi connectivity index (χ0n) is 16.9. The normalized spacial score (nSPS) is 12.4. The summed E-state index contributed by atoms with van der Waals surface area (Å²) in [6.45, 7) is 3.74. The van der Waals surface area contributed by atoms with Crippen LogP contribution in [-0.4, -0.2) is 32.7 Å². The van der Waals surface area contributed by atoms with Gasteiger partial charge in [-0.2, -0.15) is 0 Å². The predicted molar refractivity (Wildman–Crippen MR) is 117 cm³/mol. The summed E-state index contributed by atoms with van der Waals surface area (Å²) in [5.41, 5.74) is 0.623. The van der Waals surface area contributed by atoms with Gasteiger partial charge in [0, 0.05) is 17.1 Å². The van der Waals surface area contributed by atoms with Crippen molar-refractivity contribution in [2.24, 2.45) is 0 Å². The van der Waals surface area contributed by atoms with Crippen LogP contribution in [0.4, 0.5) is 0 Å². The fourth-order valence-electron chi connectivity index (χ4n) is 3.21. The van der Waals surface area contributed by atoms with Crippen molar-refractivity contribution in [1.29, 1.82) is 0 Å². The Morgan fingerprint density at radius 3 is 2.23 bits per heavy atom. The van der Waals surface area contributed by atoms with Gasteiger partial charge in [-0.05, 0) is 38.1 Å². The minimum absolute atomic E-state index is 0.0975. The molecule has 3 aromatic rings. The van der Waals surface area contributed by atoms with Crippen molar-refractivity contribution in [2.75, 3.05) is 20.3 Å². The zero-order valence-corrected chi connectivity index (χ0v) is 19.3. The lowest BCUT2D eigenvalue weighted by Crippen LogP contribution is -2.16. The molecule has 7 nitrogen and oxygen atoms in total. The summed E-state index contributed by atoms with van der Waals surface area (Å²) in [5.74, 6) is 0.330. The lowest BCUT2D eigenvalue weighted by Gasteiger charge is -2.18. The Bertz CT molecular complexity index is 1180. The lowest BCUT2D eigenvalue weighted by molar-refractivity contribution is 0.219. The van der Waals surface area contributed by atoms with Gasteiger partial charge < -0.3 is 13.8 Å². The molecule has 0 aliphatic heterocycles. The molecule has 0 saturated carbocycles. The molecular formula is C20H23ClNO6PS. The van der Waals surface area contributed by atoms with Crippen LogP contribution in [0.25, 0.3) is 10.9 Å². The van der Waals surface area contributed by atoms with Gasteiger partial charge in [-0.1, -0.05) is 29.8 Å². The molecule has 162 valence electrons. The molecule has 0 aliphatic rings. The highest BCUT2D eigenvalue weighted by molar-refractivity contribution is 7.90. The number of nitrogens with zero attached hydrogens (tertiary/aromatic N) is 1. The Kier molecular flexibility index (Phi) is 6.95. The van der Waals surface area contributed by atoms with Crippen LogP contribution < -0.4 is 4.74 Å². The quantitative estimate of drug-likeness (QED) is 0.393. The van der Waals surface area contributed by atoms with E-state index in [4.69, 9.17) is 25.4 Å². The second-order valence-electron chi connectivity index (χ2n) is 6.37. The third-order valence-electron chi connectivity index (χ3n) is 4.39. The van der Waals surface area contributed by atoms with Gasteiger partial charge in [-0.25, -0.2) is 12.4 Å². The minimum atomic E-state index is -4.01. The summed E-state index contributed by atoms with van der Waals surface area (Å²) in [5, 5.41) is 0.901. The number of halogens is 1. The summed E-state index contributed by atoms with van der Waals surface area (Å²) < 4.78 is 57.4. The van der Waals surface area contributed by atoms with Crippen molar-refractivity contribution >= 4 is 40.1 Å². The molecule has 1 aromatic heterocycles. The van der Waals surface area contributed by atoms with E-state index in [1.165, 1.54) is 19.2 Å². The molecule has 1 heterocycles. The summed E-state index contributed by atoms with van der Waals surface area (Å²) in [4.78, 5) is 0.0975. The second-order valence-corrected chi connectivity index (χ2v) is 10.6. The van der Waals surface area contributed by atoms with Crippen molar-refractivity contribution in [3.63, 3.8) is 0 Å². The maximum absolute atomic E-state index is 13.5. The van der Waals surface area contributed by atoms with Gasteiger partial charge in [0.05, 0.1) is 41.9 Å². The van der Waals surface area contributed by atoms with E-state index in [9.17, 15) is 13.0 Å². The highest BCUT2D eigenvalue weighted by atomic mass is 35.5. The van der Waals surface area contributed by atoms with E-state index in [2.05, 4.69) is 0 Å². The van der Waals surface area contributed by atoms with E-state index in [0.29, 0.717) is 21.7 Å². The average Bonchev–Trinajstić information content (AvgIpc) is 3.04. The molecule has 3 rings (SSSR count). The van der Waals surface area contributed by atoms with Crippen LogP contribution in [0.15, 0.2) is 53.4 Å². The molecule has 0 N–H and O–H groups in total. The number of benzene rings is 2. The van der Waals surface area contributed by atoms with Crippen molar-refractivity contribution in [2.45, 2.75) is 24.9 Å². The van der Waals surface area contributed by atoms with E-state index in [1.54, 1.807) is 50.2 Å². The smallest absolute Gasteiger partial charge is 0.336 e. The largest absolute Gasteiger partial charge is 0.495 e. The first-order valence-electron chi connectivity index (χ1n) is 9.32. The van der Waals surface area contributed by atoms with Crippen LogP contribution in [0.1, 0.15) is 19.5 Å². The van der Waals surface area contributed by atoms with Crippen LogP contribution in [0.3, 0.4) is 0 Å². The van der Waals surface area contributed by atoms with Gasteiger partial charge in [-0.3, -0.25) is 4.57 Å². The van der Waals surface area contributed by atoms with Crippen molar-refractivity contribution < 1.29 is 26.8 Å². The molecule has 0 atom stereocenters. The molecule has 2 aromatic carbocycles. The molecule has 0 saturated heterocycles. The van der Waals surface area contributed by atoms with E-state index < -0.39 is 17.6 Å². The second kappa shape index (κ2) is 9.12. The standard InChI is InChI=1S/C20H23ClNO6PS/c1-4-27-29(23,28-5-2)14-16-11-15-12-18(21)20(26-3)13-19(15)22(16)30(24,25)17-9-7-6-8-10-17/h6-13H,4-5,14H2,1-3H3. The summed E-state index contributed by atoms with van der Waals surface area (Å²) in [7, 11) is -6.12. The van der Waals surface area contributed by atoms with Crippen LogP contribution in [0.2, 0.25) is 5.02 Å². The maximum atomic E-state index is 13.5. The van der Waals surface area contributed by atoms with E-state index in [1.807, 2.05) is 0 Å². The SMILES string of the molecule is CCOP(=O)(Cc1cc2cc(Cl)c(OC)cc2n1S(=O)(=O)c1ccccc1)OCC. The van der Waals surface area contributed by atoms with E-state index >= 15 is 0 Å². The van der Waals surface area contributed by atoms with Gasteiger partial charge in [0.1, 0.15) is 5.75 Å². The van der Waals surface area contributed by atoms with E-state index in [0.717, 1.165) is 3.97 Å². The van der Waals surface area contributed by atoms with E-state index in [-0.39, 0.29) is 30.0 Å². The molecule has 10 heteroatoms. The first-order chi connectivity index (χ1) is 14.3. The molecule has 0 radical (unpaired) electrons. The Balaban J connectivity index is 2.29. The fraction of sp³-hybridized carbons (Fsp3) is 0.300. The summed E-state index contributed by atoms with van der Waals surface area (Å²) in [6, 6.07) is 12.8. The van der Waals surface area contributed by atoms with Gasteiger partial charge in [0.15, 0.2) is 0 Å². The van der Waals surface area contributed by atoms with Crippen LogP contribution in [0.5, 0.6) is 5.75 Å². The minimum Gasteiger partial charge on any atom is -0.495 e. The number of hydrogen-bond donors (Lipinski definition) is 0. The Morgan fingerprint density at radius 2 is 1.67 bits per heavy atom. The predicted octanol–water partition coefficient (Wildman–Crippen LogP) is 5.31. The Hall–Kier alpha value is -1.83. The number of ether oxygens (including phenoxy) is 1. The van der Waals surface area contributed by atoms with Gasteiger partial charge in [0.25, 0.3) is 10.0 Å². The fourth-order valence-corrected chi connectivity index (χ4v) is 6.78. The first-order valence-corrected chi connectivity index (χ1v) is 12.9. The molecule has 0 spiro atoms. The number of aromatic nitrogens is 1. The van der Waals surface area contributed by atoms with Crippen LogP contribution in [0, 0.1) is 0 Å². The monoisotopic (exact) mass is 471 g/mol. The lowest BCUT2D eigenvalue weighted by atomic mass is 10.2. The highest BCUT2D eigenvalue weighted by Gasteiger charge is 2.31. The highest BCUT2D eigenvalue weighted by Crippen LogP contribution is 2.52. The topological polar surface area (TPSA) is 83.8 Å². The molecule has 0 aliphatic carbocycles. The third-order valence-corrected chi connectivity index (χ3v) is 8.48. The van der Waals surface area contributed by atoms with Crippen LogP contribution in [-0.2, 0) is 29.8 Å². The van der Waals surface area contributed by atoms with Gasteiger partial charge in [-0.15, -0.1) is 0 Å². The molecule has 30 heavy (non-hydrogen) atoms. The molecule has 0 bridgehead atoms. The number of fused-ring (bicyclic) bond motifs is 1. The summed E-state index contributed by atoms with van der Waals surface area (Å²) >= 11 is 6.24. The van der Waals surface area contributed by atoms with Crippen LogP contribution >= 0.6 is 19.2 Å². The molecule has 0 amide bonds. The zero-order chi connectivity index (χ0) is 21.9. The molecule has 0 unspecified atom stereocenters. The van der Waals surface area contributed by atoms with Crippen molar-refractivity contribution in [3.05, 3.63) is 59.2 Å². The molecule has 0 fully saturated rings. The first kappa shape index (κ1) is 22.8. The number of hydrogen-bond acceptors (Lipinski definition) is 6. The Morgan fingerprint density at radius 1 is 1.03 bits per heavy atom. The molecular weight excluding hydrogens is 449 g/mol.